The Morgan fingerprint density at radius 1 is 1.05 bits per heavy atom. The third-order valence-corrected chi connectivity index (χ3v) is 3.43. The molecule has 0 aromatic carbocycles. The molecule has 3 heterocycles. The third kappa shape index (κ3) is 3.30. The molecule has 0 radical (unpaired) electrons. The molecule has 1 saturated heterocycles. The Morgan fingerprint density at radius 2 is 1.85 bits per heavy atom. The second-order valence-electron chi connectivity index (χ2n) is 4.87. The SMILES string of the molecule is c1ccc(-c2cnc(OCCN3CCCC3)nc2)nc1. The second-order valence-corrected chi connectivity index (χ2v) is 4.87. The van der Waals surface area contributed by atoms with E-state index in [4.69, 9.17) is 4.74 Å². The summed E-state index contributed by atoms with van der Waals surface area (Å²) < 4.78 is 5.57. The lowest BCUT2D eigenvalue weighted by molar-refractivity contribution is 0.225. The van der Waals surface area contributed by atoms with Crippen molar-refractivity contribution in [3.63, 3.8) is 0 Å². The quantitative estimate of drug-likeness (QED) is 0.832. The Kier molecular flexibility index (Phi) is 4.18. The maximum Gasteiger partial charge on any atom is 0.316 e. The van der Waals surface area contributed by atoms with Gasteiger partial charge in [-0.25, -0.2) is 9.97 Å². The van der Waals surface area contributed by atoms with Gasteiger partial charge < -0.3 is 4.74 Å². The van der Waals surface area contributed by atoms with Crippen LogP contribution in [0, 0.1) is 0 Å². The fourth-order valence-corrected chi connectivity index (χ4v) is 2.33. The van der Waals surface area contributed by atoms with E-state index in [0.717, 1.165) is 17.8 Å². The molecule has 2 aromatic rings. The number of ether oxygens (including phenoxy) is 1. The first-order valence-corrected chi connectivity index (χ1v) is 7.00. The number of rotatable bonds is 5. The van der Waals surface area contributed by atoms with Gasteiger partial charge in [-0.2, -0.15) is 0 Å². The highest BCUT2D eigenvalue weighted by atomic mass is 16.5. The largest absolute Gasteiger partial charge is 0.462 e. The first-order chi connectivity index (χ1) is 9.92. The van der Waals surface area contributed by atoms with Gasteiger partial charge in [0.15, 0.2) is 0 Å². The summed E-state index contributed by atoms with van der Waals surface area (Å²) in [5, 5.41) is 0. The second kappa shape index (κ2) is 6.43. The standard InChI is InChI=1S/C15H18N4O/c1-2-6-16-14(5-1)13-11-17-15(18-12-13)20-10-9-19-7-3-4-8-19/h1-2,5-6,11-12H,3-4,7-10H2. The first kappa shape index (κ1) is 13.0. The van der Waals surface area contributed by atoms with Crippen LogP contribution < -0.4 is 4.74 Å². The number of likely N-dealkylation sites (tertiary alicyclic amines) is 1. The van der Waals surface area contributed by atoms with Crippen LogP contribution in [-0.4, -0.2) is 46.1 Å². The van der Waals surface area contributed by atoms with E-state index in [2.05, 4.69) is 19.9 Å². The average Bonchev–Trinajstić information content (AvgIpc) is 3.02. The average molecular weight is 270 g/mol. The Hall–Kier alpha value is -2.01. The van der Waals surface area contributed by atoms with Crippen LogP contribution in [0.25, 0.3) is 11.3 Å². The van der Waals surface area contributed by atoms with Gasteiger partial charge in [-0.15, -0.1) is 0 Å². The van der Waals surface area contributed by atoms with Gasteiger partial charge in [-0.05, 0) is 38.1 Å². The molecule has 0 unspecified atom stereocenters. The molecule has 20 heavy (non-hydrogen) atoms. The normalized spacial score (nSPS) is 15.4. The Morgan fingerprint density at radius 3 is 2.55 bits per heavy atom. The third-order valence-electron chi connectivity index (χ3n) is 3.43. The zero-order valence-corrected chi connectivity index (χ0v) is 11.4. The zero-order valence-electron chi connectivity index (χ0n) is 11.4. The molecular weight excluding hydrogens is 252 g/mol. The van der Waals surface area contributed by atoms with Gasteiger partial charge in [0.05, 0.1) is 5.69 Å². The highest BCUT2D eigenvalue weighted by Crippen LogP contribution is 2.15. The fourth-order valence-electron chi connectivity index (χ4n) is 2.33. The van der Waals surface area contributed by atoms with Gasteiger partial charge in [0.1, 0.15) is 6.61 Å². The molecule has 0 N–H and O–H groups in total. The molecule has 0 spiro atoms. The van der Waals surface area contributed by atoms with E-state index in [1.54, 1.807) is 18.6 Å². The number of pyridine rings is 1. The Balaban J connectivity index is 1.53. The van der Waals surface area contributed by atoms with Gasteiger partial charge in [-0.1, -0.05) is 6.07 Å². The minimum absolute atomic E-state index is 0.434. The molecule has 1 aliphatic heterocycles. The van der Waals surface area contributed by atoms with Crippen molar-refractivity contribution < 1.29 is 4.74 Å². The van der Waals surface area contributed by atoms with E-state index in [1.165, 1.54) is 25.9 Å². The van der Waals surface area contributed by atoms with E-state index in [-0.39, 0.29) is 0 Å². The van der Waals surface area contributed by atoms with Crippen molar-refractivity contribution in [3.05, 3.63) is 36.8 Å². The fraction of sp³-hybridized carbons (Fsp3) is 0.400. The molecule has 0 amide bonds. The van der Waals surface area contributed by atoms with Crippen molar-refractivity contribution >= 4 is 0 Å². The Labute approximate surface area is 118 Å². The van der Waals surface area contributed by atoms with Crippen LogP contribution >= 0.6 is 0 Å². The molecule has 0 aliphatic carbocycles. The summed E-state index contributed by atoms with van der Waals surface area (Å²) in [5.74, 6) is 0. The number of hydrogen-bond donors (Lipinski definition) is 0. The van der Waals surface area contributed by atoms with Gasteiger partial charge in [0.2, 0.25) is 0 Å². The maximum atomic E-state index is 5.57. The summed E-state index contributed by atoms with van der Waals surface area (Å²) >= 11 is 0. The number of aromatic nitrogens is 3. The van der Waals surface area contributed by atoms with Crippen molar-refractivity contribution in [2.24, 2.45) is 0 Å². The molecule has 0 saturated carbocycles. The van der Waals surface area contributed by atoms with Crippen molar-refractivity contribution in [1.82, 2.24) is 19.9 Å². The summed E-state index contributed by atoms with van der Waals surface area (Å²) in [4.78, 5) is 15.1. The zero-order chi connectivity index (χ0) is 13.6. The minimum Gasteiger partial charge on any atom is -0.462 e. The van der Waals surface area contributed by atoms with E-state index in [1.807, 2.05) is 18.2 Å². The highest BCUT2D eigenvalue weighted by Gasteiger charge is 2.11. The summed E-state index contributed by atoms with van der Waals surface area (Å²) in [7, 11) is 0. The van der Waals surface area contributed by atoms with Crippen LogP contribution in [0.5, 0.6) is 6.01 Å². The van der Waals surface area contributed by atoms with Crippen molar-refractivity contribution in [2.45, 2.75) is 12.8 Å². The number of nitrogens with zero attached hydrogens (tertiary/aromatic N) is 4. The molecule has 104 valence electrons. The summed E-state index contributed by atoms with van der Waals surface area (Å²) in [5.41, 5.74) is 1.77. The molecule has 3 rings (SSSR count). The van der Waals surface area contributed by atoms with Gasteiger partial charge in [0, 0.05) is 30.7 Å². The molecule has 0 atom stereocenters. The van der Waals surface area contributed by atoms with E-state index >= 15 is 0 Å². The van der Waals surface area contributed by atoms with Crippen molar-refractivity contribution in [2.75, 3.05) is 26.2 Å². The molecule has 0 bridgehead atoms. The van der Waals surface area contributed by atoms with Crippen molar-refractivity contribution in [3.8, 4) is 17.3 Å². The van der Waals surface area contributed by atoms with Crippen LogP contribution in [0.3, 0.4) is 0 Å². The molecular formula is C15H18N4O. The first-order valence-electron chi connectivity index (χ1n) is 7.00. The highest BCUT2D eigenvalue weighted by molar-refractivity contribution is 5.56. The predicted molar refractivity (Wildman–Crippen MR) is 76.4 cm³/mol. The minimum atomic E-state index is 0.434. The lowest BCUT2D eigenvalue weighted by Gasteiger charge is -2.13. The van der Waals surface area contributed by atoms with Gasteiger partial charge in [-0.3, -0.25) is 9.88 Å². The van der Waals surface area contributed by atoms with Crippen LogP contribution in [0.4, 0.5) is 0 Å². The van der Waals surface area contributed by atoms with Gasteiger partial charge >= 0.3 is 6.01 Å². The van der Waals surface area contributed by atoms with Crippen molar-refractivity contribution in [1.29, 1.82) is 0 Å². The maximum absolute atomic E-state index is 5.57. The molecule has 1 fully saturated rings. The predicted octanol–water partition coefficient (Wildman–Crippen LogP) is 2.01. The van der Waals surface area contributed by atoms with E-state index < -0.39 is 0 Å². The van der Waals surface area contributed by atoms with Crippen LogP contribution in [0.15, 0.2) is 36.8 Å². The molecule has 2 aromatic heterocycles. The van der Waals surface area contributed by atoms with Crippen LogP contribution in [-0.2, 0) is 0 Å². The summed E-state index contributed by atoms with van der Waals surface area (Å²) in [6, 6.07) is 6.21. The van der Waals surface area contributed by atoms with Crippen LogP contribution in [0.2, 0.25) is 0 Å². The van der Waals surface area contributed by atoms with Gasteiger partial charge in [0.25, 0.3) is 0 Å². The molecule has 5 nitrogen and oxygen atoms in total. The summed E-state index contributed by atoms with van der Waals surface area (Å²) in [6.07, 6.45) is 7.86. The monoisotopic (exact) mass is 270 g/mol. The molecule has 5 heteroatoms. The number of hydrogen-bond acceptors (Lipinski definition) is 5. The van der Waals surface area contributed by atoms with E-state index in [9.17, 15) is 0 Å². The summed E-state index contributed by atoms with van der Waals surface area (Å²) in [6.45, 7) is 3.96. The lowest BCUT2D eigenvalue weighted by atomic mass is 10.2. The smallest absolute Gasteiger partial charge is 0.316 e. The lowest BCUT2D eigenvalue weighted by Crippen LogP contribution is -2.25. The Bertz CT molecular complexity index is 523. The molecule has 1 aliphatic rings. The van der Waals surface area contributed by atoms with Crippen LogP contribution in [0.1, 0.15) is 12.8 Å². The van der Waals surface area contributed by atoms with E-state index in [0.29, 0.717) is 12.6 Å². The topological polar surface area (TPSA) is 51.1 Å².